The van der Waals surface area contributed by atoms with Crippen molar-refractivity contribution in [2.24, 2.45) is 0 Å². The van der Waals surface area contributed by atoms with E-state index in [4.69, 9.17) is 5.73 Å². The molecule has 0 amide bonds. The van der Waals surface area contributed by atoms with Gasteiger partial charge >= 0.3 is 51.4 Å². The van der Waals surface area contributed by atoms with Gasteiger partial charge in [0.05, 0.1) is 11.5 Å². The van der Waals surface area contributed by atoms with E-state index in [9.17, 15) is 9.90 Å². The molecule has 1 aromatic rings. The van der Waals surface area contributed by atoms with E-state index in [2.05, 4.69) is 9.97 Å². The number of nitrogens with two attached hydrogens (primary N) is 1. The van der Waals surface area contributed by atoms with Gasteiger partial charge in [0.25, 0.3) is 0 Å². The average Bonchev–Trinajstić information content (AvgIpc) is 1.88. The van der Waals surface area contributed by atoms with E-state index in [1.165, 1.54) is 6.33 Å². The van der Waals surface area contributed by atoms with E-state index in [-0.39, 0.29) is 62.8 Å². The third-order valence-electron chi connectivity index (χ3n) is 0.963. The molecule has 5 nitrogen and oxygen atoms in total. The summed E-state index contributed by atoms with van der Waals surface area (Å²) in [5.74, 6) is -1.44. The van der Waals surface area contributed by atoms with Crippen LogP contribution in [0.1, 0.15) is 10.4 Å². The number of aromatic nitrogens is 2. The number of nitrogens with zero attached hydrogens (tertiary/aromatic N) is 2. The minimum atomic E-state index is -1.36. The third kappa shape index (κ3) is 2.84. The molecule has 1 heterocycles. The van der Waals surface area contributed by atoms with Crippen molar-refractivity contribution in [1.82, 2.24) is 9.97 Å². The number of carboxylic acids is 1. The minimum Gasteiger partial charge on any atom is -0.545 e. The van der Waals surface area contributed by atoms with Gasteiger partial charge in [0.1, 0.15) is 12.1 Å². The minimum absolute atomic E-state index is 0. The Morgan fingerprint density at radius 2 is 2.27 bits per heavy atom. The molecule has 0 spiro atoms. The Morgan fingerprint density at radius 1 is 1.64 bits per heavy atom. The standard InChI is InChI=1S/C5H5N3O2.K/c6-4-3(5(9)10)1-7-2-8-4;/h1-2H,(H,9,10)(H2,6,7,8);/q;+1/p-1. The van der Waals surface area contributed by atoms with Crippen LogP contribution in [-0.2, 0) is 0 Å². The van der Waals surface area contributed by atoms with Crippen molar-refractivity contribution in [2.75, 3.05) is 5.73 Å². The van der Waals surface area contributed by atoms with Crippen molar-refractivity contribution in [3.63, 3.8) is 0 Å². The fraction of sp³-hybridized carbons (Fsp3) is 0. The maximum absolute atomic E-state index is 10.2. The number of carbonyl (C=O) groups excluding carboxylic acids is 1. The van der Waals surface area contributed by atoms with E-state index in [0.29, 0.717) is 0 Å². The van der Waals surface area contributed by atoms with Crippen LogP contribution in [0.3, 0.4) is 0 Å². The Kier molecular flexibility index (Phi) is 4.78. The number of aromatic carboxylic acids is 1. The Hall–Kier alpha value is -0.0136. The molecular formula is C5H4KN3O2. The molecule has 0 bridgehead atoms. The van der Waals surface area contributed by atoms with E-state index < -0.39 is 5.97 Å². The molecule has 1 aromatic heterocycles. The van der Waals surface area contributed by atoms with Gasteiger partial charge in [0.2, 0.25) is 0 Å². The molecule has 0 aliphatic carbocycles. The maximum atomic E-state index is 10.2. The van der Waals surface area contributed by atoms with Gasteiger partial charge in [-0.3, -0.25) is 0 Å². The van der Waals surface area contributed by atoms with Crippen LogP contribution >= 0.6 is 0 Å². The topological polar surface area (TPSA) is 91.9 Å². The van der Waals surface area contributed by atoms with Crippen LogP contribution in [0.5, 0.6) is 0 Å². The number of rotatable bonds is 1. The number of hydrogen-bond acceptors (Lipinski definition) is 5. The first kappa shape index (κ1) is 11.0. The number of carbonyl (C=O) groups is 1. The summed E-state index contributed by atoms with van der Waals surface area (Å²) in [7, 11) is 0. The summed E-state index contributed by atoms with van der Waals surface area (Å²) in [6, 6.07) is 0. The van der Waals surface area contributed by atoms with Crippen LogP contribution in [0.15, 0.2) is 12.5 Å². The Labute approximate surface area is 105 Å². The Balaban J connectivity index is 0.000001000. The zero-order valence-corrected chi connectivity index (χ0v) is 9.07. The fourth-order valence-corrected chi connectivity index (χ4v) is 0.496. The molecule has 0 atom stereocenters. The summed E-state index contributed by atoms with van der Waals surface area (Å²) >= 11 is 0. The van der Waals surface area contributed by atoms with Crippen molar-refractivity contribution in [2.45, 2.75) is 0 Å². The number of carboxylic acid groups (broad SMARTS) is 1. The predicted molar refractivity (Wildman–Crippen MR) is 30.8 cm³/mol. The molecule has 0 fully saturated rings. The average molecular weight is 177 g/mol. The van der Waals surface area contributed by atoms with Crippen molar-refractivity contribution in [3.05, 3.63) is 18.1 Å². The molecule has 0 radical (unpaired) electrons. The smallest absolute Gasteiger partial charge is 0.545 e. The molecule has 0 aromatic carbocycles. The van der Waals surface area contributed by atoms with Crippen molar-refractivity contribution < 1.29 is 61.3 Å². The maximum Gasteiger partial charge on any atom is 1.00 e. The monoisotopic (exact) mass is 177 g/mol. The van der Waals surface area contributed by atoms with E-state index in [1.807, 2.05) is 0 Å². The summed E-state index contributed by atoms with van der Waals surface area (Å²) in [4.78, 5) is 17.1. The first-order chi connectivity index (χ1) is 4.72. The SMILES string of the molecule is Nc1ncncc1C(=O)[O-].[K+]. The normalized spacial score (nSPS) is 8.36. The molecular weight excluding hydrogens is 173 g/mol. The van der Waals surface area contributed by atoms with Crippen molar-refractivity contribution in [3.8, 4) is 0 Å². The predicted octanol–water partition coefficient (Wildman–Crippen LogP) is -4.57. The summed E-state index contributed by atoms with van der Waals surface area (Å²) in [5, 5.41) is 10.2. The molecule has 1 rings (SSSR count). The molecule has 0 unspecified atom stereocenters. The van der Waals surface area contributed by atoms with E-state index in [0.717, 1.165) is 6.20 Å². The Bertz CT molecular complexity index is 266. The molecule has 52 valence electrons. The first-order valence-electron chi connectivity index (χ1n) is 2.48. The largest absolute Gasteiger partial charge is 1.00 e. The summed E-state index contributed by atoms with van der Waals surface area (Å²) in [6.45, 7) is 0. The molecule has 0 aliphatic heterocycles. The summed E-state index contributed by atoms with van der Waals surface area (Å²) < 4.78 is 0. The van der Waals surface area contributed by atoms with E-state index >= 15 is 0 Å². The second-order valence-electron chi connectivity index (χ2n) is 1.61. The first-order valence-corrected chi connectivity index (χ1v) is 2.48. The molecule has 0 saturated heterocycles. The summed E-state index contributed by atoms with van der Waals surface area (Å²) in [6.07, 6.45) is 2.26. The molecule has 0 saturated carbocycles. The van der Waals surface area contributed by atoms with Gasteiger partial charge in [-0.25, -0.2) is 9.97 Å². The van der Waals surface area contributed by atoms with Gasteiger partial charge in [-0.15, -0.1) is 0 Å². The third-order valence-corrected chi connectivity index (χ3v) is 0.963. The Morgan fingerprint density at radius 3 is 2.64 bits per heavy atom. The van der Waals surface area contributed by atoms with Crippen LogP contribution in [0, 0.1) is 0 Å². The van der Waals surface area contributed by atoms with Gasteiger partial charge in [-0.05, 0) is 0 Å². The number of nitrogen functional groups attached to an aromatic ring is 1. The van der Waals surface area contributed by atoms with Gasteiger partial charge < -0.3 is 15.6 Å². The quantitative estimate of drug-likeness (QED) is 0.436. The zero-order valence-electron chi connectivity index (χ0n) is 5.94. The van der Waals surface area contributed by atoms with Gasteiger partial charge in [0.15, 0.2) is 0 Å². The second kappa shape index (κ2) is 4.78. The van der Waals surface area contributed by atoms with Gasteiger partial charge in [-0.2, -0.15) is 0 Å². The van der Waals surface area contributed by atoms with Crippen molar-refractivity contribution >= 4 is 11.8 Å². The molecule has 2 N–H and O–H groups in total. The second-order valence-corrected chi connectivity index (χ2v) is 1.61. The van der Waals surface area contributed by atoms with E-state index in [1.54, 1.807) is 0 Å². The summed E-state index contributed by atoms with van der Waals surface area (Å²) in [5.41, 5.74) is 4.97. The van der Waals surface area contributed by atoms with Gasteiger partial charge in [0, 0.05) is 6.20 Å². The number of anilines is 1. The molecule has 0 aliphatic rings. The van der Waals surface area contributed by atoms with Crippen LogP contribution < -0.4 is 62.2 Å². The fourth-order valence-electron chi connectivity index (χ4n) is 0.496. The van der Waals surface area contributed by atoms with Crippen LogP contribution in [0.25, 0.3) is 0 Å². The molecule has 11 heavy (non-hydrogen) atoms. The number of hydrogen-bond donors (Lipinski definition) is 1. The molecule has 6 heteroatoms. The zero-order chi connectivity index (χ0) is 7.56. The van der Waals surface area contributed by atoms with Crippen LogP contribution in [-0.4, -0.2) is 15.9 Å². The van der Waals surface area contributed by atoms with Crippen LogP contribution in [0.4, 0.5) is 5.82 Å². The van der Waals surface area contributed by atoms with Gasteiger partial charge in [-0.1, -0.05) is 0 Å². The van der Waals surface area contributed by atoms with Crippen LogP contribution in [0.2, 0.25) is 0 Å². The van der Waals surface area contributed by atoms with Crippen molar-refractivity contribution in [1.29, 1.82) is 0 Å².